The number of carbonyl (C=O) groups is 1. The van der Waals surface area contributed by atoms with Crippen LogP contribution in [-0.4, -0.2) is 37.8 Å². The maximum atomic E-state index is 12.8. The molecule has 0 aliphatic carbocycles. The molecule has 2 aliphatic rings. The lowest BCUT2D eigenvalue weighted by atomic mass is 9.82. The van der Waals surface area contributed by atoms with Gasteiger partial charge in [0.05, 0.1) is 0 Å². The van der Waals surface area contributed by atoms with E-state index in [1.165, 1.54) is 0 Å². The van der Waals surface area contributed by atoms with Gasteiger partial charge in [0.2, 0.25) is 5.91 Å². The van der Waals surface area contributed by atoms with Gasteiger partial charge in [0.1, 0.15) is 5.65 Å². The lowest BCUT2D eigenvalue weighted by Gasteiger charge is -2.42. The molecule has 1 saturated heterocycles. The van der Waals surface area contributed by atoms with Crippen molar-refractivity contribution >= 4 is 11.6 Å². The van der Waals surface area contributed by atoms with Gasteiger partial charge in [-0.2, -0.15) is 0 Å². The molecule has 2 aliphatic heterocycles. The van der Waals surface area contributed by atoms with Gasteiger partial charge in [-0.3, -0.25) is 9.59 Å². The summed E-state index contributed by atoms with van der Waals surface area (Å²) >= 11 is 0. The third-order valence-electron chi connectivity index (χ3n) is 5.73. The molecule has 6 heteroatoms. The lowest BCUT2D eigenvalue weighted by Crippen LogP contribution is -2.48. The van der Waals surface area contributed by atoms with Crippen molar-refractivity contribution in [1.82, 2.24) is 18.9 Å². The summed E-state index contributed by atoms with van der Waals surface area (Å²) in [6.07, 6.45) is 6.66. The average molecular weight is 348 g/mol. The van der Waals surface area contributed by atoms with Gasteiger partial charge in [0, 0.05) is 68.4 Å². The number of nitrogens with zero attached hydrogens (tertiary/aromatic N) is 4. The standard InChI is InChI=1S/C20H20N4O2/c1-13(25)23-10-14-7-16(12-23)18-8-15(9-19(26)24(18)11-14)17-3-2-5-22-6-4-21-20(17)22/h2-6,8-9,14,16H,7,10-12H2,1H3/t14-,16+/m0/s1. The number of likely N-dealkylation sites (tertiary alicyclic amines) is 1. The Morgan fingerprint density at radius 3 is 2.92 bits per heavy atom. The molecule has 132 valence electrons. The number of rotatable bonds is 1. The first kappa shape index (κ1) is 15.4. The zero-order chi connectivity index (χ0) is 17.8. The van der Waals surface area contributed by atoms with Gasteiger partial charge >= 0.3 is 0 Å². The third-order valence-corrected chi connectivity index (χ3v) is 5.73. The van der Waals surface area contributed by atoms with E-state index in [9.17, 15) is 9.59 Å². The first-order chi connectivity index (χ1) is 12.6. The SMILES string of the molecule is CC(=O)N1C[C@@H]2C[C@H](C1)c1cc(-c3cccn4ccnc34)cc(=O)n1C2. The van der Waals surface area contributed by atoms with Crippen LogP contribution in [0.2, 0.25) is 0 Å². The Labute approximate surface area is 150 Å². The van der Waals surface area contributed by atoms with Gasteiger partial charge in [-0.05, 0) is 36.1 Å². The summed E-state index contributed by atoms with van der Waals surface area (Å²) in [6.45, 7) is 3.78. The van der Waals surface area contributed by atoms with E-state index in [0.717, 1.165) is 35.4 Å². The summed E-state index contributed by atoms with van der Waals surface area (Å²) in [5, 5.41) is 0. The van der Waals surface area contributed by atoms with Crippen LogP contribution in [-0.2, 0) is 11.3 Å². The van der Waals surface area contributed by atoms with Crippen molar-refractivity contribution in [3.05, 3.63) is 58.9 Å². The average Bonchev–Trinajstić information content (AvgIpc) is 3.11. The monoisotopic (exact) mass is 348 g/mol. The Balaban J connectivity index is 1.65. The summed E-state index contributed by atoms with van der Waals surface area (Å²) < 4.78 is 3.87. The Morgan fingerprint density at radius 1 is 1.19 bits per heavy atom. The predicted octanol–water partition coefficient (Wildman–Crippen LogP) is 2.13. The van der Waals surface area contributed by atoms with Gasteiger partial charge in [-0.15, -0.1) is 0 Å². The molecule has 2 atom stereocenters. The van der Waals surface area contributed by atoms with E-state index in [2.05, 4.69) is 11.1 Å². The molecule has 0 N–H and O–H groups in total. The fourth-order valence-electron chi connectivity index (χ4n) is 4.55. The minimum absolute atomic E-state index is 0.0389. The second-order valence-corrected chi connectivity index (χ2v) is 7.42. The fourth-order valence-corrected chi connectivity index (χ4v) is 4.55. The van der Waals surface area contributed by atoms with Crippen LogP contribution in [0.25, 0.3) is 16.8 Å². The van der Waals surface area contributed by atoms with Crippen molar-refractivity contribution in [3.63, 3.8) is 0 Å². The van der Waals surface area contributed by atoms with E-state index >= 15 is 0 Å². The number of hydrogen-bond donors (Lipinski definition) is 0. The molecular weight excluding hydrogens is 328 g/mol. The third kappa shape index (κ3) is 2.29. The molecule has 0 unspecified atom stereocenters. The second-order valence-electron chi connectivity index (χ2n) is 7.42. The maximum absolute atomic E-state index is 12.8. The van der Waals surface area contributed by atoms with Crippen LogP contribution in [0.3, 0.4) is 0 Å². The number of fused-ring (bicyclic) bond motifs is 5. The molecule has 0 aromatic carbocycles. The Morgan fingerprint density at radius 2 is 2.08 bits per heavy atom. The molecule has 2 bridgehead atoms. The molecule has 6 nitrogen and oxygen atoms in total. The van der Waals surface area contributed by atoms with E-state index in [1.54, 1.807) is 19.2 Å². The molecule has 26 heavy (non-hydrogen) atoms. The highest BCUT2D eigenvalue weighted by Crippen LogP contribution is 2.36. The zero-order valence-electron chi connectivity index (χ0n) is 14.6. The van der Waals surface area contributed by atoms with Gasteiger partial charge in [0.25, 0.3) is 5.56 Å². The van der Waals surface area contributed by atoms with Crippen molar-refractivity contribution < 1.29 is 4.79 Å². The minimum Gasteiger partial charge on any atom is -0.342 e. The summed E-state index contributed by atoms with van der Waals surface area (Å²) in [5.41, 5.74) is 3.79. The van der Waals surface area contributed by atoms with E-state index in [1.807, 2.05) is 38.4 Å². The minimum atomic E-state index is 0.0389. The number of carbonyl (C=O) groups excluding carboxylic acids is 1. The second kappa shape index (κ2) is 5.56. The zero-order valence-corrected chi connectivity index (χ0v) is 14.6. The molecule has 0 radical (unpaired) electrons. The van der Waals surface area contributed by atoms with Gasteiger partial charge in [0.15, 0.2) is 0 Å². The molecular formula is C20H20N4O2. The molecule has 5 heterocycles. The largest absolute Gasteiger partial charge is 0.342 e. The van der Waals surface area contributed by atoms with Crippen molar-refractivity contribution in [2.24, 2.45) is 5.92 Å². The summed E-state index contributed by atoms with van der Waals surface area (Å²) in [7, 11) is 0. The smallest absolute Gasteiger partial charge is 0.251 e. The molecule has 0 saturated carbocycles. The van der Waals surface area contributed by atoms with Crippen LogP contribution in [0.1, 0.15) is 25.0 Å². The first-order valence-corrected chi connectivity index (χ1v) is 9.02. The lowest BCUT2D eigenvalue weighted by molar-refractivity contribution is -0.131. The highest BCUT2D eigenvalue weighted by molar-refractivity contribution is 5.77. The van der Waals surface area contributed by atoms with Crippen LogP contribution in [0, 0.1) is 5.92 Å². The number of pyridine rings is 2. The quantitative estimate of drug-likeness (QED) is 0.677. The molecule has 3 aromatic rings. The number of aromatic nitrogens is 3. The number of piperidine rings is 1. The van der Waals surface area contributed by atoms with E-state index < -0.39 is 0 Å². The fraction of sp³-hybridized carbons (Fsp3) is 0.350. The van der Waals surface area contributed by atoms with Crippen LogP contribution >= 0.6 is 0 Å². The van der Waals surface area contributed by atoms with Crippen molar-refractivity contribution in [2.75, 3.05) is 13.1 Å². The molecule has 0 spiro atoms. The molecule has 3 aromatic heterocycles. The van der Waals surface area contributed by atoms with Crippen LogP contribution in [0.15, 0.2) is 47.7 Å². The number of hydrogen-bond acceptors (Lipinski definition) is 3. The van der Waals surface area contributed by atoms with Gasteiger partial charge in [-0.25, -0.2) is 4.98 Å². The number of amides is 1. The Hall–Kier alpha value is -2.89. The van der Waals surface area contributed by atoms with Gasteiger partial charge in [-0.1, -0.05) is 0 Å². The summed E-state index contributed by atoms with van der Waals surface area (Å²) in [6, 6.07) is 7.81. The number of imidazole rings is 1. The Kier molecular flexibility index (Phi) is 3.29. The van der Waals surface area contributed by atoms with Crippen molar-refractivity contribution in [2.45, 2.75) is 25.8 Å². The normalized spacial score (nSPS) is 21.7. The van der Waals surface area contributed by atoms with Crippen LogP contribution in [0.5, 0.6) is 0 Å². The molecule has 5 rings (SSSR count). The van der Waals surface area contributed by atoms with Crippen LogP contribution in [0.4, 0.5) is 0 Å². The maximum Gasteiger partial charge on any atom is 0.251 e. The van der Waals surface area contributed by atoms with Crippen molar-refractivity contribution in [1.29, 1.82) is 0 Å². The highest BCUT2D eigenvalue weighted by Gasteiger charge is 2.35. The summed E-state index contributed by atoms with van der Waals surface area (Å²) in [4.78, 5) is 31.1. The molecule has 1 amide bonds. The predicted molar refractivity (Wildman–Crippen MR) is 98.0 cm³/mol. The van der Waals surface area contributed by atoms with E-state index in [0.29, 0.717) is 19.0 Å². The Bertz CT molecular complexity index is 1080. The highest BCUT2D eigenvalue weighted by atomic mass is 16.2. The van der Waals surface area contributed by atoms with Crippen LogP contribution < -0.4 is 5.56 Å². The van der Waals surface area contributed by atoms with Gasteiger partial charge < -0.3 is 13.9 Å². The summed E-state index contributed by atoms with van der Waals surface area (Å²) in [5.74, 6) is 0.705. The first-order valence-electron chi connectivity index (χ1n) is 9.02. The topological polar surface area (TPSA) is 59.6 Å². The van der Waals surface area contributed by atoms with E-state index in [-0.39, 0.29) is 17.4 Å². The van der Waals surface area contributed by atoms with Crippen molar-refractivity contribution in [3.8, 4) is 11.1 Å². The van der Waals surface area contributed by atoms with E-state index in [4.69, 9.17) is 0 Å². The molecule has 1 fully saturated rings.